The molecule has 4 heteroatoms. The van der Waals surface area contributed by atoms with Gasteiger partial charge in [-0.3, -0.25) is 9.69 Å². The second kappa shape index (κ2) is 7.06. The predicted molar refractivity (Wildman–Crippen MR) is 76.8 cm³/mol. The van der Waals surface area contributed by atoms with Crippen LogP contribution in [0.3, 0.4) is 0 Å². The molecule has 20 heavy (non-hydrogen) atoms. The molecule has 0 radical (unpaired) electrons. The molecular weight excluding hydrogens is 252 g/mol. The summed E-state index contributed by atoms with van der Waals surface area (Å²) in [5.41, 5.74) is 0.705. The van der Waals surface area contributed by atoms with Gasteiger partial charge in [-0.1, -0.05) is 0 Å². The molecule has 2 rings (SSSR count). The number of Topliss-reactive ketones (excluding diaryl/α,β-unsaturated/α-hetero) is 1. The quantitative estimate of drug-likeness (QED) is 0.683. The Morgan fingerprint density at radius 2 is 2.10 bits per heavy atom. The second-order valence-electron chi connectivity index (χ2n) is 4.99. The number of hydrogen-bond acceptors (Lipinski definition) is 4. The molecule has 0 aliphatic heterocycles. The number of carbonyl (C=O) groups is 1. The van der Waals surface area contributed by atoms with Crippen molar-refractivity contribution in [3.8, 4) is 11.8 Å². The summed E-state index contributed by atoms with van der Waals surface area (Å²) in [6, 6.07) is 9.91. The lowest BCUT2D eigenvalue weighted by atomic mass is 10.1. The number of ketones is 1. The van der Waals surface area contributed by atoms with Crippen LogP contribution in [-0.2, 0) is 0 Å². The van der Waals surface area contributed by atoms with Gasteiger partial charge in [0, 0.05) is 24.6 Å². The molecule has 1 aliphatic carbocycles. The summed E-state index contributed by atoms with van der Waals surface area (Å²) in [5, 5.41) is 8.67. The highest BCUT2D eigenvalue weighted by Crippen LogP contribution is 2.27. The summed E-state index contributed by atoms with van der Waals surface area (Å²) in [6.45, 7) is 3.64. The third-order valence-electron chi connectivity index (χ3n) is 3.41. The van der Waals surface area contributed by atoms with Crippen molar-refractivity contribution in [3.05, 3.63) is 29.8 Å². The molecule has 1 aromatic carbocycles. The molecular formula is C16H20N2O2. The Bertz CT molecular complexity index is 486. The minimum atomic E-state index is 0.109. The number of benzene rings is 1. The van der Waals surface area contributed by atoms with Crippen molar-refractivity contribution >= 4 is 5.78 Å². The van der Waals surface area contributed by atoms with Crippen molar-refractivity contribution in [3.63, 3.8) is 0 Å². The summed E-state index contributed by atoms with van der Waals surface area (Å²) >= 11 is 0. The highest BCUT2D eigenvalue weighted by molar-refractivity contribution is 5.97. The Kier molecular flexibility index (Phi) is 5.14. The van der Waals surface area contributed by atoms with E-state index in [0.29, 0.717) is 37.7 Å². The van der Waals surface area contributed by atoms with Gasteiger partial charge < -0.3 is 4.74 Å². The van der Waals surface area contributed by atoms with E-state index in [9.17, 15) is 4.79 Å². The molecule has 4 nitrogen and oxygen atoms in total. The number of hydrogen-bond donors (Lipinski definition) is 0. The maximum absolute atomic E-state index is 12.3. The molecule has 0 N–H and O–H groups in total. The van der Waals surface area contributed by atoms with E-state index >= 15 is 0 Å². The van der Waals surface area contributed by atoms with Crippen LogP contribution >= 0.6 is 0 Å². The van der Waals surface area contributed by atoms with Crippen LogP contribution in [-0.4, -0.2) is 36.4 Å². The van der Waals surface area contributed by atoms with E-state index in [1.807, 2.05) is 31.2 Å². The minimum Gasteiger partial charge on any atom is -0.494 e. The Hall–Kier alpha value is -1.86. The third kappa shape index (κ3) is 4.07. The smallest absolute Gasteiger partial charge is 0.176 e. The first-order valence-corrected chi connectivity index (χ1v) is 7.11. The maximum atomic E-state index is 12.3. The largest absolute Gasteiger partial charge is 0.494 e. The van der Waals surface area contributed by atoms with Crippen molar-refractivity contribution in [1.82, 2.24) is 4.90 Å². The van der Waals surface area contributed by atoms with E-state index in [-0.39, 0.29) is 5.78 Å². The zero-order chi connectivity index (χ0) is 14.4. The second-order valence-corrected chi connectivity index (χ2v) is 4.99. The van der Waals surface area contributed by atoms with Gasteiger partial charge in [-0.2, -0.15) is 5.26 Å². The maximum Gasteiger partial charge on any atom is 0.176 e. The predicted octanol–water partition coefficient (Wildman–Crippen LogP) is 2.65. The lowest BCUT2D eigenvalue weighted by molar-refractivity contribution is 0.0926. The SMILES string of the molecule is CCOc1ccc(C(=O)CN(CCC#N)C2CC2)cc1. The summed E-state index contributed by atoms with van der Waals surface area (Å²) < 4.78 is 5.37. The molecule has 0 aromatic heterocycles. The lowest BCUT2D eigenvalue weighted by Gasteiger charge is -2.19. The Morgan fingerprint density at radius 3 is 2.65 bits per heavy atom. The van der Waals surface area contributed by atoms with E-state index in [1.165, 1.54) is 0 Å². The molecule has 1 saturated carbocycles. The van der Waals surface area contributed by atoms with Crippen LogP contribution in [0.1, 0.15) is 36.5 Å². The summed E-state index contributed by atoms with van der Waals surface area (Å²) in [6.07, 6.45) is 2.76. The van der Waals surface area contributed by atoms with Crippen molar-refractivity contribution < 1.29 is 9.53 Å². The summed E-state index contributed by atoms with van der Waals surface area (Å²) in [5.74, 6) is 0.894. The molecule has 106 valence electrons. The molecule has 1 aliphatic rings. The molecule has 1 aromatic rings. The number of ether oxygens (including phenoxy) is 1. The molecule has 0 spiro atoms. The first-order valence-electron chi connectivity index (χ1n) is 7.11. The number of rotatable bonds is 8. The van der Waals surface area contributed by atoms with Crippen LogP contribution in [0.2, 0.25) is 0 Å². The van der Waals surface area contributed by atoms with E-state index in [2.05, 4.69) is 11.0 Å². The molecule has 0 heterocycles. The van der Waals surface area contributed by atoms with Gasteiger partial charge in [0.05, 0.1) is 19.2 Å². The van der Waals surface area contributed by atoms with Gasteiger partial charge in [0.2, 0.25) is 0 Å². The molecule has 0 atom stereocenters. The molecule has 0 amide bonds. The zero-order valence-electron chi connectivity index (χ0n) is 11.8. The first-order chi connectivity index (χ1) is 9.74. The molecule has 0 bridgehead atoms. The van der Waals surface area contributed by atoms with E-state index in [4.69, 9.17) is 10.00 Å². The zero-order valence-corrected chi connectivity index (χ0v) is 11.8. The van der Waals surface area contributed by atoms with Crippen LogP contribution in [0, 0.1) is 11.3 Å². The summed E-state index contributed by atoms with van der Waals surface area (Å²) in [4.78, 5) is 14.4. The van der Waals surface area contributed by atoms with Crippen molar-refractivity contribution in [2.75, 3.05) is 19.7 Å². The van der Waals surface area contributed by atoms with Crippen LogP contribution in [0.25, 0.3) is 0 Å². The number of carbonyl (C=O) groups excluding carboxylic acids is 1. The average molecular weight is 272 g/mol. The number of nitrogens with zero attached hydrogens (tertiary/aromatic N) is 2. The van der Waals surface area contributed by atoms with Crippen molar-refractivity contribution in [2.24, 2.45) is 0 Å². The van der Waals surface area contributed by atoms with Crippen molar-refractivity contribution in [1.29, 1.82) is 5.26 Å². The van der Waals surface area contributed by atoms with Gasteiger partial charge in [0.1, 0.15) is 5.75 Å². The normalized spacial score (nSPS) is 14.1. The van der Waals surface area contributed by atoms with Gasteiger partial charge in [0.15, 0.2) is 5.78 Å². The van der Waals surface area contributed by atoms with Gasteiger partial charge >= 0.3 is 0 Å². The van der Waals surface area contributed by atoms with Gasteiger partial charge in [-0.05, 0) is 44.0 Å². The van der Waals surface area contributed by atoms with Gasteiger partial charge in [0.25, 0.3) is 0 Å². The highest BCUT2D eigenvalue weighted by Gasteiger charge is 2.29. The van der Waals surface area contributed by atoms with Crippen molar-refractivity contribution in [2.45, 2.75) is 32.2 Å². The lowest BCUT2D eigenvalue weighted by Crippen LogP contribution is -2.32. The van der Waals surface area contributed by atoms with Crippen LogP contribution in [0.4, 0.5) is 0 Å². The highest BCUT2D eigenvalue weighted by atomic mass is 16.5. The monoisotopic (exact) mass is 272 g/mol. The van der Waals surface area contributed by atoms with E-state index in [0.717, 1.165) is 18.6 Å². The van der Waals surface area contributed by atoms with Crippen LogP contribution in [0.5, 0.6) is 5.75 Å². The van der Waals surface area contributed by atoms with Gasteiger partial charge in [-0.15, -0.1) is 0 Å². The van der Waals surface area contributed by atoms with Crippen LogP contribution < -0.4 is 4.74 Å². The van der Waals surface area contributed by atoms with Crippen LogP contribution in [0.15, 0.2) is 24.3 Å². The molecule has 1 fully saturated rings. The summed E-state index contributed by atoms with van der Waals surface area (Å²) in [7, 11) is 0. The fourth-order valence-electron chi connectivity index (χ4n) is 2.20. The topological polar surface area (TPSA) is 53.3 Å². The average Bonchev–Trinajstić information content (AvgIpc) is 3.29. The van der Waals surface area contributed by atoms with E-state index in [1.54, 1.807) is 0 Å². The molecule has 0 unspecified atom stereocenters. The van der Waals surface area contributed by atoms with E-state index < -0.39 is 0 Å². The Morgan fingerprint density at radius 1 is 1.40 bits per heavy atom. The number of nitriles is 1. The third-order valence-corrected chi connectivity index (χ3v) is 3.41. The standard InChI is InChI=1S/C16H20N2O2/c1-2-20-15-8-4-13(5-9-15)16(19)12-18(11-3-10-17)14-6-7-14/h4-5,8-9,14H,2-3,6-7,11-12H2,1H3. The molecule has 0 saturated heterocycles. The van der Waals surface area contributed by atoms with Gasteiger partial charge in [-0.25, -0.2) is 0 Å². The fourth-order valence-corrected chi connectivity index (χ4v) is 2.20. The minimum absolute atomic E-state index is 0.109. The fraction of sp³-hybridized carbons (Fsp3) is 0.500. The Balaban J connectivity index is 1.93. The first kappa shape index (κ1) is 14.5. The Labute approximate surface area is 120 Å².